The second kappa shape index (κ2) is 36.9. The number of anilines is 12. The van der Waals surface area contributed by atoms with E-state index in [9.17, 15) is 14.4 Å². The molecule has 2 heterocycles. The molecule has 2 saturated heterocycles. The van der Waals surface area contributed by atoms with Crippen LogP contribution in [0.1, 0.15) is 102 Å². The number of hydrogen-bond acceptors (Lipinski definition) is 10. The van der Waals surface area contributed by atoms with Crippen molar-refractivity contribution in [3.8, 4) is 22.3 Å². The summed E-state index contributed by atoms with van der Waals surface area (Å²) in [5.74, 6) is -1.06. The number of benzene rings is 12. The number of carbonyl (C=O) groups excluding carboxylic acids is 3. The van der Waals surface area contributed by atoms with E-state index in [4.69, 9.17) is 9.47 Å². The molecule has 10 nitrogen and oxygen atoms in total. The monoisotopic (exact) mass is 1400 g/mol. The molecule has 0 bridgehead atoms. The van der Waals surface area contributed by atoms with Crippen LogP contribution in [-0.4, -0.2) is 31.3 Å². The summed E-state index contributed by atoms with van der Waals surface area (Å²) in [5, 5.41) is 0. The van der Waals surface area contributed by atoms with Gasteiger partial charge in [0.2, 0.25) is 0 Å². The van der Waals surface area contributed by atoms with Crippen LogP contribution in [0.25, 0.3) is 28.3 Å². The van der Waals surface area contributed by atoms with Crippen molar-refractivity contribution in [3.05, 3.63) is 355 Å². The molecule has 0 amide bonds. The van der Waals surface area contributed by atoms with Gasteiger partial charge in [0.1, 0.15) is 0 Å². The minimum atomic E-state index is -0.783. The summed E-state index contributed by atoms with van der Waals surface area (Å²) in [6.45, 7) is 20.1. The SMILES string of the molecule is C.C.C.C.C=C1COCOC1=O.C=Cc1ccc(N(c2ccc(-c3ccc(N(c4ccccc4)c4cccc(C)c4)cc3)cc2)c2cccc(C)c2)cc1.CCC(CC1(C)CC(=O)OC1=O)c1ccc(N(c2ccc(-c3ccc(N(c4ccccc4)c4cccc(C)c4)cc3)cc2)c2cccc(C)c2)cc1. The van der Waals surface area contributed by atoms with E-state index < -0.39 is 17.4 Å². The van der Waals surface area contributed by atoms with Crippen LogP contribution in [0.2, 0.25) is 0 Å². The molecular weight excluding hydrogens is 1310 g/mol. The van der Waals surface area contributed by atoms with Gasteiger partial charge in [-0.2, -0.15) is 0 Å². The Kier molecular flexibility index (Phi) is 27.7. The zero-order valence-corrected chi connectivity index (χ0v) is 58.7. The Bertz CT molecular complexity index is 4850. The lowest BCUT2D eigenvalue weighted by atomic mass is 9.76. The first-order valence-corrected chi connectivity index (χ1v) is 34.6. The second-order valence-electron chi connectivity index (χ2n) is 26.3. The van der Waals surface area contributed by atoms with E-state index in [1.807, 2.05) is 19.1 Å². The number of nitrogens with zero attached hydrogens (tertiary/aromatic N) is 4. The van der Waals surface area contributed by atoms with Crippen molar-refractivity contribution in [1.82, 2.24) is 0 Å². The van der Waals surface area contributed by atoms with Gasteiger partial charge in [-0.15, -0.1) is 0 Å². The first-order valence-electron chi connectivity index (χ1n) is 34.6. The van der Waals surface area contributed by atoms with Crippen molar-refractivity contribution < 1.29 is 28.6 Å². The van der Waals surface area contributed by atoms with E-state index in [0.29, 0.717) is 18.6 Å². The van der Waals surface area contributed by atoms with Crippen LogP contribution >= 0.6 is 0 Å². The highest BCUT2D eigenvalue weighted by atomic mass is 16.7. The smallest absolute Gasteiger partial charge is 0.337 e. The summed E-state index contributed by atoms with van der Waals surface area (Å²) >= 11 is 0. The fourth-order valence-corrected chi connectivity index (χ4v) is 13.1. The summed E-state index contributed by atoms with van der Waals surface area (Å²) < 4.78 is 14.1. The van der Waals surface area contributed by atoms with E-state index in [2.05, 4.69) is 369 Å². The molecule has 12 aromatic rings. The highest BCUT2D eigenvalue weighted by Crippen LogP contribution is 2.45. The number of ether oxygens (including phenoxy) is 3. The fourth-order valence-electron chi connectivity index (χ4n) is 13.1. The maximum atomic E-state index is 12.5. The van der Waals surface area contributed by atoms with Crippen molar-refractivity contribution in [2.75, 3.05) is 33.0 Å². The van der Waals surface area contributed by atoms with Gasteiger partial charge in [0.05, 0.1) is 24.0 Å². The number of esters is 3. The molecule has 2 atom stereocenters. The first-order chi connectivity index (χ1) is 49.6. The van der Waals surface area contributed by atoms with Gasteiger partial charge in [-0.05, 0) is 255 Å². The summed E-state index contributed by atoms with van der Waals surface area (Å²) in [5.41, 5.74) is 24.7. The molecule has 0 saturated carbocycles. The number of cyclic esters (lactones) is 3. The lowest BCUT2D eigenvalue weighted by Gasteiger charge is -2.28. The number of aryl methyl sites for hydroxylation is 4. The van der Waals surface area contributed by atoms with Crippen LogP contribution in [0.3, 0.4) is 0 Å². The quantitative estimate of drug-likeness (QED) is 0.0443. The van der Waals surface area contributed by atoms with Crippen LogP contribution in [-0.2, 0) is 28.6 Å². The third kappa shape index (κ3) is 19.2. The van der Waals surface area contributed by atoms with Gasteiger partial charge in [-0.1, -0.05) is 214 Å². The lowest BCUT2D eigenvalue weighted by Crippen LogP contribution is -2.25. The molecular formula is C96H100N4O6. The Balaban J connectivity index is 0.000000237. The van der Waals surface area contributed by atoms with Gasteiger partial charge >= 0.3 is 17.9 Å². The molecule has 2 aliphatic heterocycles. The van der Waals surface area contributed by atoms with E-state index in [1.54, 1.807) is 0 Å². The normalized spacial score (nSPS) is 13.6. The summed E-state index contributed by atoms with van der Waals surface area (Å²) in [6, 6.07) is 108. The number of rotatable bonds is 19. The molecule has 540 valence electrons. The molecule has 0 aromatic heterocycles. The average Bonchev–Trinajstić information content (AvgIpc) is 1.74. The van der Waals surface area contributed by atoms with Crippen LogP contribution in [0.4, 0.5) is 68.2 Å². The Morgan fingerprint density at radius 2 is 0.708 bits per heavy atom. The Morgan fingerprint density at radius 3 is 0.972 bits per heavy atom. The molecule has 2 aliphatic rings. The second-order valence-corrected chi connectivity index (χ2v) is 26.3. The van der Waals surface area contributed by atoms with E-state index in [1.165, 1.54) is 33.4 Å². The fraction of sp³-hybridized carbons (Fsp3) is 0.177. The van der Waals surface area contributed by atoms with Crippen LogP contribution < -0.4 is 19.6 Å². The molecule has 12 aromatic carbocycles. The molecule has 10 heteroatoms. The van der Waals surface area contributed by atoms with Crippen molar-refractivity contribution in [2.24, 2.45) is 5.41 Å². The molecule has 0 N–H and O–H groups in total. The highest BCUT2D eigenvalue weighted by Gasteiger charge is 2.46. The topological polar surface area (TPSA) is 91.9 Å². The van der Waals surface area contributed by atoms with Crippen molar-refractivity contribution in [1.29, 1.82) is 0 Å². The van der Waals surface area contributed by atoms with E-state index >= 15 is 0 Å². The van der Waals surface area contributed by atoms with Crippen molar-refractivity contribution in [3.63, 3.8) is 0 Å². The van der Waals surface area contributed by atoms with E-state index in [0.717, 1.165) is 96.9 Å². The third-order valence-electron chi connectivity index (χ3n) is 18.5. The lowest BCUT2D eigenvalue weighted by molar-refractivity contribution is -0.159. The minimum Gasteiger partial charge on any atom is -0.435 e. The van der Waals surface area contributed by atoms with Crippen LogP contribution in [0.15, 0.2) is 322 Å². The summed E-state index contributed by atoms with van der Waals surface area (Å²) in [7, 11) is 0. The van der Waals surface area contributed by atoms with Gasteiger partial charge < -0.3 is 33.8 Å². The van der Waals surface area contributed by atoms with Crippen LogP contribution in [0.5, 0.6) is 0 Å². The van der Waals surface area contributed by atoms with Gasteiger partial charge in [0.25, 0.3) is 0 Å². The van der Waals surface area contributed by atoms with Crippen molar-refractivity contribution >= 4 is 92.2 Å². The number of para-hydroxylation sites is 2. The predicted octanol–water partition coefficient (Wildman–Crippen LogP) is 26.4. The maximum absolute atomic E-state index is 12.5. The Labute approximate surface area is 629 Å². The molecule has 0 aliphatic carbocycles. The highest BCUT2D eigenvalue weighted by molar-refractivity contribution is 5.97. The van der Waals surface area contributed by atoms with Crippen molar-refractivity contribution in [2.45, 2.75) is 96.4 Å². The molecule has 2 unspecified atom stereocenters. The number of hydrogen-bond donors (Lipinski definition) is 0. The zero-order valence-electron chi connectivity index (χ0n) is 58.7. The summed E-state index contributed by atoms with van der Waals surface area (Å²) in [6.07, 6.45) is 3.45. The van der Waals surface area contributed by atoms with Gasteiger partial charge in [-0.3, -0.25) is 9.59 Å². The van der Waals surface area contributed by atoms with Gasteiger partial charge in [0, 0.05) is 68.2 Å². The van der Waals surface area contributed by atoms with E-state index in [-0.39, 0.29) is 54.8 Å². The zero-order chi connectivity index (χ0) is 71.1. The third-order valence-corrected chi connectivity index (χ3v) is 18.5. The average molecular weight is 1410 g/mol. The standard InChI is InChI=1S/C47H44N2O3.C40H34N2.C5H6O3.4CH4/c1-5-35(31-47(4)32-45(50)52-46(47)51)36-17-23-41(24-18-36)49(44-16-10-12-34(3)30-44)42-27-21-38(22-28-42)37-19-25-40(26-20-37)48(39-13-7-6-8-14-39)43-15-9-11-33(2)29-43;1-4-32-16-22-36(23-17-32)42(40-15-9-11-31(3)29-40)38-26-20-34(21-27-38)33-18-24-37(25-19-33)41(35-12-6-5-7-13-35)39-14-8-10-30(2)28-39;1-4-2-7-3-8-5(4)6;;;;/h6-30,35H,5,31-32H2,1-4H3;4-29H,1H2,2-3H3;1-3H2;4*1H4. The first kappa shape index (κ1) is 79.6. The van der Waals surface area contributed by atoms with Crippen LogP contribution in [0, 0.1) is 33.1 Å². The van der Waals surface area contributed by atoms with Gasteiger partial charge in [0.15, 0.2) is 6.79 Å². The molecule has 0 radical (unpaired) electrons. The molecule has 14 rings (SSSR count). The maximum Gasteiger partial charge on any atom is 0.337 e. The largest absolute Gasteiger partial charge is 0.435 e. The summed E-state index contributed by atoms with van der Waals surface area (Å²) in [4.78, 5) is 43.9. The Hall–Kier alpha value is -12.1. The molecule has 0 spiro atoms. The minimum absolute atomic E-state index is 0. The molecule has 106 heavy (non-hydrogen) atoms. The Morgan fingerprint density at radius 1 is 0.406 bits per heavy atom. The number of carbonyl (C=O) groups is 3. The van der Waals surface area contributed by atoms with Gasteiger partial charge in [-0.25, -0.2) is 4.79 Å². The predicted molar refractivity (Wildman–Crippen MR) is 446 cm³/mol. The molecule has 2 fully saturated rings.